The maximum absolute atomic E-state index is 8.37. The van der Waals surface area contributed by atoms with Crippen LogP contribution in [0.2, 0.25) is 5.02 Å². The summed E-state index contributed by atoms with van der Waals surface area (Å²) in [6, 6.07) is 8.90. The van der Waals surface area contributed by atoms with Crippen molar-refractivity contribution in [1.29, 1.82) is 5.26 Å². The number of halogens is 2. The molecule has 0 aliphatic rings. The van der Waals surface area contributed by atoms with Gasteiger partial charge in [0.25, 0.3) is 0 Å². The van der Waals surface area contributed by atoms with E-state index in [4.69, 9.17) is 28.5 Å². The Balaban J connectivity index is 2.93. The second kappa shape index (κ2) is 4.15. The van der Waals surface area contributed by atoms with E-state index in [1.807, 2.05) is 6.07 Å². The van der Waals surface area contributed by atoms with Gasteiger partial charge in [-0.05, 0) is 23.8 Å². The van der Waals surface area contributed by atoms with Gasteiger partial charge in [0.1, 0.15) is 11.1 Å². The summed E-state index contributed by atoms with van der Waals surface area (Å²) in [6.45, 7) is 0. The van der Waals surface area contributed by atoms with Gasteiger partial charge in [-0.25, -0.2) is 0 Å². The molecule has 0 spiro atoms. The second-order valence-electron chi connectivity index (χ2n) is 2.16. The highest BCUT2D eigenvalue weighted by atomic mass is 35.5. The molecule has 0 bridgehead atoms. The van der Waals surface area contributed by atoms with Gasteiger partial charge in [0.05, 0.1) is 0 Å². The molecule has 1 aromatic rings. The van der Waals surface area contributed by atoms with Crippen LogP contribution in [0.15, 0.2) is 29.3 Å². The first-order chi connectivity index (χ1) is 5.72. The van der Waals surface area contributed by atoms with E-state index in [2.05, 4.69) is 0 Å². The molecule has 0 radical (unpaired) electrons. The second-order valence-corrected chi connectivity index (χ2v) is 3.00. The number of nitrogens with zero attached hydrogens (tertiary/aromatic N) is 1. The SMILES string of the molecule is N#C/C(Cl)=C/c1ccc(Cl)cc1. The van der Waals surface area contributed by atoms with E-state index >= 15 is 0 Å². The fraction of sp³-hybridized carbons (Fsp3) is 0. The minimum absolute atomic E-state index is 0.164. The Hall–Kier alpha value is -0.970. The van der Waals surface area contributed by atoms with E-state index in [9.17, 15) is 0 Å². The van der Waals surface area contributed by atoms with Crippen molar-refractivity contribution < 1.29 is 0 Å². The largest absolute Gasteiger partial charge is 0.191 e. The van der Waals surface area contributed by atoms with E-state index in [-0.39, 0.29) is 5.03 Å². The first-order valence-electron chi connectivity index (χ1n) is 3.25. The molecular formula is C9H5Cl2N. The topological polar surface area (TPSA) is 23.8 Å². The summed E-state index contributed by atoms with van der Waals surface area (Å²) < 4.78 is 0. The Labute approximate surface area is 80.8 Å². The summed E-state index contributed by atoms with van der Waals surface area (Å²) in [5.74, 6) is 0. The normalized spacial score (nSPS) is 10.9. The van der Waals surface area contributed by atoms with Crippen LogP contribution in [0.25, 0.3) is 6.08 Å². The summed E-state index contributed by atoms with van der Waals surface area (Å²) in [7, 11) is 0. The van der Waals surface area contributed by atoms with Gasteiger partial charge >= 0.3 is 0 Å². The summed E-state index contributed by atoms with van der Waals surface area (Å²) in [5, 5.41) is 9.21. The number of nitriles is 1. The third kappa shape index (κ3) is 2.58. The standard InChI is InChI=1S/C9H5Cl2N/c10-8-3-1-7(2-4-8)5-9(11)6-12/h1-5H/b9-5-. The van der Waals surface area contributed by atoms with Crippen LogP contribution in [-0.4, -0.2) is 0 Å². The Bertz CT molecular complexity index is 333. The van der Waals surface area contributed by atoms with E-state index in [1.165, 1.54) is 0 Å². The predicted molar refractivity (Wildman–Crippen MR) is 50.9 cm³/mol. The lowest BCUT2D eigenvalue weighted by atomic mass is 10.2. The quantitative estimate of drug-likeness (QED) is 0.634. The molecule has 0 N–H and O–H groups in total. The highest BCUT2D eigenvalue weighted by Gasteiger charge is 1.91. The molecule has 60 valence electrons. The van der Waals surface area contributed by atoms with Crippen molar-refractivity contribution in [3.8, 4) is 6.07 Å². The molecule has 0 aromatic heterocycles. The summed E-state index contributed by atoms with van der Waals surface area (Å²) in [4.78, 5) is 0. The van der Waals surface area contributed by atoms with Crippen molar-refractivity contribution in [2.45, 2.75) is 0 Å². The van der Waals surface area contributed by atoms with Crippen molar-refractivity contribution in [3.05, 3.63) is 39.9 Å². The average molecular weight is 198 g/mol. The highest BCUT2D eigenvalue weighted by molar-refractivity contribution is 6.34. The van der Waals surface area contributed by atoms with Crippen LogP contribution in [0.4, 0.5) is 0 Å². The van der Waals surface area contributed by atoms with Gasteiger partial charge in [-0.3, -0.25) is 0 Å². The first kappa shape index (κ1) is 9.12. The fourth-order valence-corrected chi connectivity index (χ4v) is 0.990. The Morgan fingerprint density at radius 3 is 2.42 bits per heavy atom. The molecule has 0 saturated carbocycles. The van der Waals surface area contributed by atoms with Crippen molar-refractivity contribution >= 4 is 29.3 Å². The molecule has 1 aromatic carbocycles. The van der Waals surface area contributed by atoms with Crippen molar-refractivity contribution in [3.63, 3.8) is 0 Å². The number of hydrogen-bond donors (Lipinski definition) is 0. The van der Waals surface area contributed by atoms with Crippen molar-refractivity contribution in [2.75, 3.05) is 0 Å². The molecule has 0 aliphatic carbocycles. The molecule has 12 heavy (non-hydrogen) atoms. The van der Waals surface area contributed by atoms with Crippen LogP contribution in [0.5, 0.6) is 0 Å². The Kier molecular flexibility index (Phi) is 3.16. The minimum Gasteiger partial charge on any atom is -0.191 e. The maximum atomic E-state index is 8.37. The molecule has 0 heterocycles. The molecular weight excluding hydrogens is 193 g/mol. The Morgan fingerprint density at radius 2 is 1.92 bits per heavy atom. The molecule has 0 saturated heterocycles. The average Bonchev–Trinajstić information content (AvgIpc) is 2.09. The zero-order chi connectivity index (χ0) is 8.97. The van der Waals surface area contributed by atoms with E-state index in [0.717, 1.165) is 5.56 Å². The number of benzene rings is 1. The fourth-order valence-electron chi connectivity index (χ4n) is 0.738. The summed E-state index contributed by atoms with van der Waals surface area (Å²) in [6.07, 6.45) is 1.58. The van der Waals surface area contributed by atoms with Crippen LogP contribution in [-0.2, 0) is 0 Å². The zero-order valence-corrected chi connectivity index (χ0v) is 7.60. The van der Waals surface area contributed by atoms with Gasteiger partial charge < -0.3 is 0 Å². The van der Waals surface area contributed by atoms with Crippen LogP contribution >= 0.6 is 23.2 Å². The van der Waals surface area contributed by atoms with Crippen LogP contribution in [0.1, 0.15) is 5.56 Å². The molecule has 0 fully saturated rings. The van der Waals surface area contributed by atoms with Gasteiger partial charge in [-0.15, -0.1) is 0 Å². The van der Waals surface area contributed by atoms with Gasteiger partial charge in [-0.1, -0.05) is 35.3 Å². The van der Waals surface area contributed by atoms with E-state index in [1.54, 1.807) is 30.3 Å². The highest BCUT2D eigenvalue weighted by Crippen LogP contribution is 2.13. The Morgan fingerprint density at radius 1 is 1.33 bits per heavy atom. The lowest BCUT2D eigenvalue weighted by Gasteiger charge is -1.92. The molecule has 0 unspecified atom stereocenters. The third-order valence-corrected chi connectivity index (χ3v) is 1.72. The summed E-state index contributed by atoms with van der Waals surface area (Å²) in [5.41, 5.74) is 0.867. The zero-order valence-electron chi connectivity index (χ0n) is 6.09. The van der Waals surface area contributed by atoms with E-state index in [0.29, 0.717) is 5.02 Å². The third-order valence-electron chi connectivity index (χ3n) is 1.27. The minimum atomic E-state index is 0.164. The summed E-state index contributed by atoms with van der Waals surface area (Å²) >= 11 is 11.2. The van der Waals surface area contributed by atoms with Crippen molar-refractivity contribution in [2.24, 2.45) is 0 Å². The number of rotatable bonds is 1. The molecule has 0 atom stereocenters. The molecule has 3 heteroatoms. The molecule has 1 rings (SSSR count). The van der Waals surface area contributed by atoms with Gasteiger partial charge in [0.15, 0.2) is 0 Å². The molecule has 0 amide bonds. The van der Waals surface area contributed by atoms with Crippen molar-refractivity contribution in [1.82, 2.24) is 0 Å². The van der Waals surface area contributed by atoms with Crippen LogP contribution in [0, 0.1) is 11.3 Å². The van der Waals surface area contributed by atoms with Crippen LogP contribution in [0.3, 0.4) is 0 Å². The number of hydrogen-bond acceptors (Lipinski definition) is 1. The lowest BCUT2D eigenvalue weighted by molar-refractivity contribution is 1.53. The number of allylic oxidation sites excluding steroid dienone is 1. The maximum Gasteiger partial charge on any atom is 0.118 e. The molecule has 1 nitrogen and oxygen atoms in total. The van der Waals surface area contributed by atoms with Crippen LogP contribution < -0.4 is 0 Å². The predicted octanol–water partition coefficient (Wildman–Crippen LogP) is 3.44. The van der Waals surface area contributed by atoms with Gasteiger partial charge in [0, 0.05) is 5.02 Å². The lowest BCUT2D eigenvalue weighted by Crippen LogP contribution is -1.71. The van der Waals surface area contributed by atoms with Gasteiger partial charge in [0.2, 0.25) is 0 Å². The first-order valence-corrected chi connectivity index (χ1v) is 4.01. The monoisotopic (exact) mass is 197 g/mol. The van der Waals surface area contributed by atoms with E-state index < -0.39 is 0 Å². The van der Waals surface area contributed by atoms with Gasteiger partial charge in [-0.2, -0.15) is 5.26 Å². The molecule has 0 aliphatic heterocycles. The smallest absolute Gasteiger partial charge is 0.118 e.